The lowest BCUT2D eigenvalue weighted by Crippen LogP contribution is -2.48. The van der Waals surface area contributed by atoms with Crippen LogP contribution in [-0.2, 0) is 22.5 Å². The fourth-order valence-corrected chi connectivity index (χ4v) is 3.78. The Balaban J connectivity index is 1.94. The van der Waals surface area contributed by atoms with Crippen molar-refractivity contribution in [3.05, 3.63) is 17.1 Å². The van der Waals surface area contributed by atoms with Crippen LogP contribution in [0, 0.1) is 12.3 Å². The number of hydrogen-bond acceptors (Lipinski definition) is 5. The van der Waals surface area contributed by atoms with E-state index in [0.29, 0.717) is 6.54 Å². The van der Waals surface area contributed by atoms with E-state index >= 15 is 0 Å². The molecule has 138 valence electrons. The van der Waals surface area contributed by atoms with Crippen LogP contribution in [0.1, 0.15) is 51.7 Å². The van der Waals surface area contributed by atoms with E-state index in [0.717, 1.165) is 49.0 Å². The van der Waals surface area contributed by atoms with Gasteiger partial charge in [-0.25, -0.2) is 9.97 Å². The summed E-state index contributed by atoms with van der Waals surface area (Å²) >= 11 is 0. The fourth-order valence-electron chi connectivity index (χ4n) is 3.78. The molecule has 0 aliphatic carbocycles. The van der Waals surface area contributed by atoms with Crippen molar-refractivity contribution in [3.63, 3.8) is 0 Å². The van der Waals surface area contributed by atoms with E-state index < -0.39 is 0 Å². The number of anilines is 1. The Kier molecular flexibility index (Phi) is 4.75. The highest BCUT2D eigenvalue weighted by Gasteiger charge is 2.33. The average molecular weight is 346 g/mol. The Morgan fingerprint density at radius 3 is 2.40 bits per heavy atom. The van der Waals surface area contributed by atoms with Gasteiger partial charge in [0.25, 0.3) is 0 Å². The monoisotopic (exact) mass is 346 g/mol. The molecule has 0 radical (unpaired) electrons. The van der Waals surface area contributed by atoms with Gasteiger partial charge in [0.2, 0.25) is 5.91 Å². The number of ether oxygens (including phenoxy) is 1. The minimum absolute atomic E-state index is 0.172. The van der Waals surface area contributed by atoms with Gasteiger partial charge in [0.1, 0.15) is 11.6 Å². The first-order valence-corrected chi connectivity index (χ1v) is 9.21. The fraction of sp³-hybridized carbons (Fsp3) is 0.737. The standard InChI is InChI=1S/C19H30N4O2/c1-12-9-23(10-13(2)25-12)17-15-11-22(18(24)19(4,5)6)8-7-16(15)20-14(3)21-17/h12-13H,7-11H2,1-6H3. The first-order chi connectivity index (χ1) is 11.6. The number of rotatable bonds is 1. The zero-order chi connectivity index (χ0) is 18.4. The van der Waals surface area contributed by atoms with Crippen molar-refractivity contribution in [1.82, 2.24) is 14.9 Å². The summed E-state index contributed by atoms with van der Waals surface area (Å²) in [5, 5.41) is 0. The van der Waals surface area contributed by atoms with Crippen LogP contribution in [0.5, 0.6) is 0 Å². The Hall–Kier alpha value is -1.69. The van der Waals surface area contributed by atoms with E-state index in [2.05, 4.69) is 23.7 Å². The second-order valence-electron chi connectivity index (χ2n) is 8.41. The van der Waals surface area contributed by atoms with Crippen LogP contribution in [0.3, 0.4) is 0 Å². The number of carbonyl (C=O) groups excluding carboxylic acids is 1. The van der Waals surface area contributed by atoms with Crippen LogP contribution >= 0.6 is 0 Å². The summed E-state index contributed by atoms with van der Waals surface area (Å²) in [6.07, 6.45) is 1.14. The highest BCUT2D eigenvalue weighted by Crippen LogP contribution is 2.30. The van der Waals surface area contributed by atoms with Crippen LogP contribution in [0.4, 0.5) is 5.82 Å². The first-order valence-electron chi connectivity index (χ1n) is 9.21. The second kappa shape index (κ2) is 6.56. The van der Waals surface area contributed by atoms with Crippen molar-refractivity contribution in [2.75, 3.05) is 24.5 Å². The van der Waals surface area contributed by atoms with Crippen molar-refractivity contribution >= 4 is 11.7 Å². The van der Waals surface area contributed by atoms with Crippen molar-refractivity contribution in [3.8, 4) is 0 Å². The summed E-state index contributed by atoms with van der Waals surface area (Å²) in [4.78, 5) is 26.4. The summed E-state index contributed by atoms with van der Waals surface area (Å²) in [5.74, 6) is 1.97. The van der Waals surface area contributed by atoms with Gasteiger partial charge in [-0.2, -0.15) is 0 Å². The maximum absolute atomic E-state index is 12.7. The number of hydrogen-bond donors (Lipinski definition) is 0. The quantitative estimate of drug-likeness (QED) is 0.781. The third kappa shape index (κ3) is 3.78. The molecule has 1 aromatic rings. The molecular formula is C19H30N4O2. The highest BCUT2D eigenvalue weighted by molar-refractivity contribution is 5.82. The van der Waals surface area contributed by atoms with Gasteiger partial charge in [-0.3, -0.25) is 4.79 Å². The Morgan fingerprint density at radius 2 is 1.80 bits per heavy atom. The van der Waals surface area contributed by atoms with Crippen molar-refractivity contribution < 1.29 is 9.53 Å². The maximum atomic E-state index is 12.7. The van der Waals surface area contributed by atoms with Crippen molar-refractivity contribution in [2.24, 2.45) is 5.41 Å². The summed E-state index contributed by atoms with van der Waals surface area (Å²) < 4.78 is 5.87. The molecule has 2 unspecified atom stereocenters. The molecule has 2 aliphatic heterocycles. The normalized spacial score (nSPS) is 24.2. The molecule has 2 aliphatic rings. The molecule has 1 aromatic heterocycles. The molecule has 2 atom stereocenters. The zero-order valence-electron chi connectivity index (χ0n) is 16.3. The summed E-state index contributed by atoms with van der Waals surface area (Å²) in [7, 11) is 0. The molecule has 0 aromatic carbocycles. The lowest BCUT2D eigenvalue weighted by Gasteiger charge is -2.39. The van der Waals surface area contributed by atoms with Gasteiger partial charge in [-0.1, -0.05) is 20.8 Å². The number of aryl methyl sites for hydroxylation is 1. The topological polar surface area (TPSA) is 58.6 Å². The predicted molar refractivity (Wildman–Crippen MR) is 97.6 cm³/mol. The van der Waals surface area contributed by atoms with E-state index in [9.17, 15) is 4.79 Å². The number of carbonyl (C=O) groups is 1. The number of morpholine rings is 1. The minimum atomic E-state index is -0.370. The smallest absolute Gasteiger partial charge is 0.228 e. The Bertz CT molecular complexity index is 658. The molecule has 0 N–H and O–H groups in total. The van der Waals surface area contributed by atoms with Gasteiger partial charge in [-0.05, 0) is 20.8 Å². The molecule has 25 heavy (non-hydrogen) atoms. The van der Waals surface area contributed by atoms with Crippen LogP contribution < -0.4 is 4.90 Å². The highest BCUT2D eigenvalue weighted by atomic mass is 16.5. The first kappa shape index (κ1) is 18.1. The molecule has 1 saturated heterocycles. The minimum Gasteiger partial charge on any atom is -0.372 e. The largest absolute Gasteiger partial charge is 0.372 e. The molecule has 0 bridgehead atoms. The molecule has 0 spiro atoms. The van der Waals surface area contributed by atoms with Gasteiger partial charge < -0.3 is 14.5 Å². The average Bonchev–Trinajstić information content (AvgIpc) is 2.51. The lowest BCUT2D eigenvalue weighted by molar-refractivity contribution is -0.140. The molecule has 6 nitrogen and oxygen atoms in total. The predicted octanol–water partition coefficient (Wildman–Crippen LogP) is 2.33. The van der Waals surface area contributed by atoms with Crippen molar-refractivity contribution in [2.45, 2.75) is 66.7 Å². The van der Waals surface area contributed by atoms with Gasteiger partial charge in [0.05, 0.1) is 24.4 Å². The Labute approximate surface area is 150 Å². The Morgan fingerprint density at radius 1 is 1.16 bits per heavy atom. The molecule has 1 amide bonds. The van der Waals surface area contributed by atoms with Crippen LogP contribution in [-0.4, -0.2) is 52.6 Å². The molecule has 6 heteroatoms. The number of fused-ring (bicyclic) bond motifs is 1. The van der Waals surface area contributed by atoms with E-state index in [1.54, 1.807) is 0 Å². The SMILES string of the molecule is Cc1nc2c(c(N3CC(C)OC(C)C3)n1)CN(C(=O)C(C)(C)C)CC2. The number of nitrogens with zero attached hydrogens (tertiary/aromatic N) is 4. The van der Waals surface area contributed by atoms with Crippen LogP contribution in [0.2, 0.25) is 0 Å². The second-order valence-corrected chi connectivity index (χ2v) is 8.41. The summed E-state index contributed by atoms with van der Waals surface area (Å²) in [6, 6.07) is 0. The third-order valence-corrected chi connectivity index (χ3v) is 4.80. The van der Waals surface area contributed by atoms with E-state index in [1.807, 2.05) is 32.6 Å². The van der Waals surface area contributed by atoms with Gasteiger partial charge in [-0.15, -0.1) is 0 Å². The maximum Gasteiger partial charge on any atom is 0.228 e. The van der Waals surface area contributed by atoms with Gasteiger partial charge in [0, 0.05) is 37.0 Å². The third-order valence-electron chi connectivity index (χ3n) is 4.80. The van der Waals surface area contributed by atoms with Crippen molar-refractivity contribution in [1.29, 1.82) is 0 Å². The van der Waals surface area contributed by atoms with Gasteiger partial charge in [0.15, 0.2) is 0 Å². The lowest BCUT2D eigenvalue weighted by atomic mass is 9.93. The molecule has 3 rings (SSSR count). The summed E-state index contributed by atoms with van der Waals surface area (Å²) in [5.41, 5.74) is 1.83. The number of aromatic nitrogens is 2. The number of amides is 1. The molecular weight excluding hydrogens is 316 g/mol. The van der Waals surface area contributed by atoms with Crippen LogP contribution in [0.25, 0.3) is 0 Å². The van der Waals surface area contributed by atoms with E-state index in [1.165, 1.54) is 0 Å². The van der Waals surface area contributed by atoms with Crippen LogP contribution in [0.15, 0.2) is 0 Å². The molecule has 1 fully saturated rings. The zero-order valence-corrected chi connectivity index (χ0v) is 16.3. The van der Waals surface area contributed by atoms with E-state index in [4.69, 9.17) is 9.72 Å². The molecule has 0 saturated carbocycles. The summed E-state index contributed by atoms with van der Waals surface area (Å²) in [6.45, 7) is 15.0. The van der Waals surface area contributed by atoms with E-state index in [-0.39, 0.29) is 23.5 Å². The van der Waals surface area contributed by atoms with Gasteiger partial charge >= 0.3 is 0 Å². The molecule has 3 heterocycles.